The lowest BCUT2D eigenvalue weighted by Crippen LogP contribution is -2.29. The lowest BCUT2D eigenvalue weighted by atomic mass is 10.3. The van der Waals surface area contributed by atoms with E-state index in [0.29, 0.717) is 22.8 Å². The Morgan fingerprint density at radius 3 is 2.89 bits per heavy atom. The number of anilines is 1. The van der Waals surface area contributed by atoms with Crippen LogP contribution in [0.5, 0.6) is 0 Å². The maximum absolute atomic E-state index is 11.3. The third-order valence-corrected chi connectivity index (χ3v) is 4.39. The third kappa shape index (κ3) is 3.52. The summed E-state index contributed by atoms with van der Waals surface area (Å²) in [5, 5.41) is 0. The van der Waals surface area contributed by atoms with Crippen LogP contribution in [0.3, 0.4) is 0 Å². The highest BCUT2D eigenvalue weighted by atomic mass is 79.9. The molecule has 0 aliphatic carbocycles. The summed E-state index contributed by atoms with van der Waals surface area (Å²) in [5.41, 5.74) is 8.85. The quantitative estimate of drug-likeness (QED) is 0.261. The lowest BCUT2D eigenvalue weighted by Gasteiger charge is -2.03. The summed E-state index contributed by atoms with van der Waals surface area (Å²) in [6.07, 6.45) is 1.39. The maximum Gasteiger partial charge on any atom is 0.268 e. The first-order valence-electron chi connectivity index (χ1n) is 5.36. The van der Waals surface area contributed by atoms with Gasteiger partial charge < -0.3 is 10.2 Å². The van der Waals surface area contributed by atoms with Crippen molar-refractivity contribution in [1.82, 2.24) is 5.43 Å². The Hall–Kier alpha value is -1.44. The Bertz CT molecular complexity index is 600. The second kappa shape index (κ2) is 6.14. The van der Waals surface area contributed by atoms with E-state index in [0.717, 1.165) is 9.37 Å². The molecule has 7 heteroatoms. The predicted octanol–water partition coefficient (Wildman–Crippen LogP) is 2.52. The van der Waals surface area contributed by atoms with Crippen molar-refractivity contribution < 1.29 is 9.21 Å². The van der Waals surface area contributed by atoms with Crippen LogP contribution in [-0.2, 0) is 5.75 Å². The summed E-state index contributed by atoms with van der Waals surface area (Å²) in [7, 11) is 0. The van der Waals surface area contributed by atoms with Gasteiger partial charge in [0.15, 0.2) is 0 Å². The fourth-order valence-electron chi connectivity index (χ4n) is 1.44. The molecule has 0 aliphatic rings. The zero-order valence-electron chi connectivity index (χ0n) is 9.85. The molecule has 0 atom stereocenters. The number of nitrogens with two attached hydrogens (primary N) is 2. The predicted molar refractivity (Wildman–Crippen MR) is 78.5 cm³/mol. The first-order valence-corrected chi connectivity index (χ1v) is 7.14. The van der Waals surface area contributed by atoms with Crippen LogP contribution in [0.4, 0.5) is 5.69 Å². The van der Waals surface area contributed by atoms with Gasteiger partial charge in [0.05, 0.1) is 11.3 Å². The molecule has 1 heterocycles. The number of hydrogen-bond donors (Lipinski definition) is 3. The first kappa shape index (κ1) is 14.0. The normalized spacial score (nSPS) is 10.4. The number of benzene rings is 1. The van der Waals surface area contributed by atoms with Gasteiger partial charge in [0.1, 0.15) is 12.0 Å². The van der Waals surface area contributed by atoms with Gasteiger partial charge in [-0.05, 0) is 40.2 Å². The highest BCUT2D eigenvalue weighted by Gasteiger charge is 2.09. The SMILES string of the molecule is NNC(=O)c1coc(CSc2ccc(N)cc2Br)c1. The second-order valence-corrected chi connectivity index (χ2v) is 5.63. The Morgan fingerprint density at radius 1 is 1.42 bits per heavy atom. The zero-order valence-corrected chi connectivity index (χ0v) is 12.3. The molecule has 0 saturated heterocycles. The number of nitrogens with one attached hydrogen (secondary N) is 1. The molecular formula is C12H12BrN3O2S. The van der Waals surface area contributed by atoms with Crippen molar-refractivity contribution in [2.24, 2.45) is 5.84 Å². The molecule has 1 aromatic heterocycles. The largest absolute Gasteiger partial charge is 0.468 e. The van der Waals surface area contributed by atoms with Gasteiger partial charge in [0.2, 0.25) is 0 Å². The van der Waals surface area contributed by atoms with Gasteiger partial charge in [-0.1, -0.05) is 0 Å². The van der Waals surface area contributed by atoms with Crippen LogP contribution in [0.1, 0.15) is 16.1 Å². The summed E-state index contributed by atoms with van der Waals surface area (Å²) >= 11 is 5.03. The third-order valence-electron chi connectivity index (χ3n) is 2.37. The van der Waals surface area contributed by atoms with Gasteiger partial charge in [-0.25, -0.2) is 5.84 Å². The number of hydrazine groups is 1. The minimum absolute atomic E-state index is 0.367. The van der Waals surface area contributed by atoms with Crippen LogP contribution in [0.25, 0.3) is 0 Å². The molecule has 0 spiro atoms. The number of hydrogen-bond acceptors (Lipinski definition) is 5. The van der Waals surface area contributed by atoms with Crippen molar-refractivity contribution >= 4 is 39.3 Å². The molecule has 2 rings (SSSR count). The van der Waals surface area contributed by atoms with Crippen LogP contribution in [0.2, 0.25) is 0 Å². The summed E-state index contributed by atoms with van der Waals surface area (Å²) in [6, 6.07) is 7.28. The molecule has 0 aliphatic heterocycles. The van der Waals surface area contributed by atoms with Crippen molar-refractivity contribution in [2.45, 2.75) is 10.6 Å². The summed E-state index contributed by atoms with van der Waals surface area (Å²) in [4.78, 5) is 12.3. The second-order valence-electron chi connectivity index (χ2n) is 3.75. The van der Waals surface area contributed by atoms with Crippen LogP contribution in [0, 0.1) is 0 Å². The molecule has 0 bridgehead atoms. The monoisotopic (exact) mass is 341 g/mol. The van der Waals surface area contributed by atoms with Crippen molar-refractivity contribution in [1.29, 1.82) is 0 Å². The van der Waals surface area contributed by atoms with E-state index in [1.165, 1.54) is 6.26 Å². The minimum atomic E-state index is -0.367. The molecule has 5 N–H and O–H groups in total. The van der Waals surface area contributed by atoms with Crippen molar-refractivity contribution in [3.05, 3.63) is 46.3 Å². The van der Waals surface area contributed by atoms with Crippen LogP contribution < -0.4 is 17.0 Å². The Labute approximate surface area is 122 Å². The molecule has 0 radical (unpaired) electrons. The van der Waals surface area contributed by atoms with E-state index < -0.39 is 0 Å². The highest BCUT2D eigenvalue weighted by molar-refractivity contribution is 9.10. The summed E-state index contributed by atoms with van der Waals surface area (Å²) < 4.78 is 6.23. The molecule has 19 heavy (non-hydrogen) atoms. The van der Waals surface area contributed by atoms with E-state index in [9.17, 15) is 4.79 Å². The Balaban J connectivity index is 2.02. The maximum atomic E-state index is 11.3. The van der Waals surface area contributed by atoms with Crippen LogP contribution in [-0.4, -0.2) is 5.91 Å². The van der Waals surface area contributed by atoms with E-state index in [1.54, 1.807) is 17.8 Å². The molecular weight excluding hydrogens is 330 g/mol. The average molecular weight is 342 g/mol. The summed E-state index contributed by atoms with van der Waals surface area (Å²) in [5.74, 6) is 5.99. The van der Waals surface area contributed by atoms with E-state index in [1.807, 2.05) is 18.2 Å². The number of nitrogen functional groups attached to an aromatic ring is 2. The molecule has 2 aromatic rings. The van der Waals surface area contributed by atoms with Crippen molar-refractivity contribution in [3.63, 3.8) is 0 Å². The molecule has 1 aromatic carbocycles. The van der Waals surface area contributed by atoms with Crippen LogP contribution >= 0.6 is 27.7 Å². The van der Waals surface area contributed by atoms with Gasteiger partial charge in [0.25, 0.3) is 5.91 Å². The van der Waals surface area contributed by atoms with E-state index in [2.05, 4.69) is 21.4 Å². The number of carbonyl (C=O) groups is 1. The first-order chi connectivity index (χ1) is 9.10. The fourth-order valence-corrected chi connectivity index (χ4v) is 2.99. The Morgan fingerprint density at radius 2 is 2.21 bits per heavy atom. The highest BCUT2D eigenvalue weighted by Crippen LogP contribution is 2.31. The number of rotatable bonds is 4. The average Bonchev–Trinajstić information content (AvgIpc) is 2.85. The molecule has 1 amide bonds. The lowest BCUT2D eigenvalue weighted by molar-refractivity contribution is 0.0953. The number of carbonyl (C=O) groups excluding carboxylic acids is 1. The van der Waals surface area contributed by atoms with Gasteiger partial charge in [-0.15, -0.1) is 11.8 Å². The molecule has 5 nitrogen and oxygen atoms in total. The summed E-state index contributed by atoms with van der Waals surface area (Å²) in [6.45, 7) is 0. The number of furan rings is 1. The van der Waals surface area contributed by atoms with Crippen molar-refractivity contribution in [3.8, 4) is 0 Å². The minimum Gasteiger partial charge on any atom is -0.468 e. The number of halogens is 1. The number of thioether (sulfide) groups is 1. The van der Waals surface area contributed by atoms with E-state index >= 15 is 0 Å². The molecule has 0 unspecified atom stereocenters. The Kier molecular flexibility index (Phi) is 4.52. The van der Waals surface area contributed by atoms with Crippen molar-refractivity contribution in [2.75, 3.05) is 5.73 Å². The van der Waals surface area contributed by atoms with Gasteiger partial charge in [0, 0.05) is 15.1 Å². The smallest absolute Gasteiger partial charge is 0.268 e. The zero-order chi connectivity index (χ0) is 13.8. The van der Waals surface area contributed by atoms with Gasteiger partial charge in [-0.3, -0.25) is 10.2 Å². The fraction of sp³-hybridized carbons (Fsp3) is 0.0833. The van der Waals surface area contributed by atoms with E-state index in [4.69, 9.17) is 16.0 Å². The van der Waals surface area contributed by atoms with Gasteiger partial charge >= 0.3 is 0 Å². The standard InChI is InChI=1S/C12H12BrN3O2S/c13-10-4-8(14)1-2-11(10)19-6-9-3-7(5-18-9)12(17)16-15/h1-5H,6,14-15H2,(H,16,17). The van der Waals surface area contributed by atoms with Gasteiger partial charge in [-0.2, -0.15) is 0 Å². The number of amides is 1. The van der Waals surface area contributed by atoms with Crippen LogP contribution in [0.15, 0.2) is 44.3 Å². The molecule has 0 saturated carbocycles. The molecule has 0 fully saturated rings. The van der Waals surface area contributed by atoms with E-state index in [-0.39, 0.29) is 5.91 Å². The molecule has 100 valence electrons. The topological polar surface area (TPSA) is 94.3 Å².